The molecular formula is C37H39F2N7O3. The van der Waals surface area contributed by atoms with Crippen LogP contribution in [0.3, 0.4) is 0 Å². The molecule has 5 aromatic rings. The maximum absolute atomic E-state index is 13.6. The van der Waals surface area contributed by atoms with Crippen molar-refractivity contribution in [2.45, 2.75) is 57.2 Å². The molecule has 2 aliphatic rings. The van der Waals surface area contributed by atoms with Gasteiger partial charge in [-0.15, -0.1) is 0 Å². The number of methoxy groups -OCH3 is 1. The Morgan fingerprint density at radius 3 is 2.18 bits per heavy atom. The summed E-state index contributed by atoms with van der Waals surface area (Å²) in [5, 5.41) is 7.70. The minimum Gasteiger partial charge on any atom is -0.453 e. The number of fused-ring (bicyclic) bond motifs is 1. The minimum absolute atomic E-state index is 0.102. The number of alkyl halides is 2. The average Bonchev–Trinajstić information content (AvgIpc) is 3.93. The predicted molar refractivity (Wildman–Crippen MR) is 183 cm³/mol. The summed E-state index contributed by atoms with van der Waals surface area (Å²) in [6.07, 6.45) is 4.25. The fourth-order valence-corrected chi connectivity index (χ4v) is 6.85. The van der Waals surface area contributed by atoms with Crippen molar-refractivity contribution in [3.63, 3.8) is 0 Å². The summed E-state index contributed by atoms with van der Waals surface area (Å²) in [5.41, 5.74) is 5.70. The number of carbonyl (C=O) groups excluding carboxylic acids is 2. The van der Waals surface area contributed by atoms with Crippen LogP contribution >= 0.6 is 0 Å². The molecule has 7 rings (SSSR count). The predicted octanol–water partition coefficient (Wildman–Crippen LogP) is 7.00. The number of benzene rings is 3. The van der Waals surface area contributed by atoms with Gasteiger partial charge >= 0.3 is 6.09 Å². The zero-order valence-electron chi connectivity index (χ0n) is 27.6. The van der Waals surface area contributed by atoms with Crippen molar-refractivity contribution in [2.24, 2.45) is 5.92 Å². The molecule has 254 valence electrons. The Labute approximate surface area is 282 Å². The van der Waals surface area contributed by atoms with Crippen LogP contribution < -0.4 is 10.6 Å². The third kappa shape index (κ3) is 6.65. The van der Waals surface area contributed by atoms with Gasteiger partial charge in [0.1, 0.15) is 17.7 Å². The SMILES string of the molecule is COC(=O)NC(C(=O)N1CCCC1c1ncc(-c2ccc3cc(-c4ccc(-c5cnc(C6CC(F)(F)CN6)[nH]5)cc4)ccc3c2)[nH]1)C(C)C. The second-order valence-corrected chi connectivity index (χ2v) is 13.3. The number of rotatable bonds is 8. The zero-order valence-corrected chi connectivity index (χ0v) is 27.6. The topological polar surface area (TPSA) is 128 Å². The smallest absolute Gasteiger partial charge is 0.407 e. The van der Waals surface area contributed by atoms with Crippen molar-refractivity contribution in [3.8, 4) is 33.6 Å². The number of aromatic amines is 2. The van der Waals surface area contributed by atoms with E-state index >= 15 is 0 Å². The largest absolute Gasteiger partial charge is 0.453 e. The van der Waals surface area contributed by atoms with E-state index in [-0.39, 0.29) is 30.8 Å². The van der Waals surface area contributed by atoms with E-state index < -0.39 is 24.1 Å². The lowest BCUT2D eigenvalue weighted by molar-refractivity contribution is -0.135. The first-order valence-corrected chi connectivity index (χ1v) is 16.6. The van der Waals surface area contributed by atoms with E-state index in [0.717, 1.165) is 63.1 Å². The number of nitrogens with zero attached hydrogens (tertiary/aromatic N) is 3. The van der Waals surface area contributed by atoms with Gasteiger partial charge in [-0.2, -0.15) is 0 Å². The van der Waals surface area contributed by atoms with Gasteiger partial charge in [-0.3, -0.25) is 4.79 Å². The summed E-state index contributed by atoms with van der Waals surface area (Å²) in [4.78, 5) is 42.9. The lowest BCUT2D eigenvalue weighted by Gasteiger charge is -2.30. The van der Waals surface area contributed by atoms with Crippen molar-refractivity contribution in [1.29, 1.82) is 0 Å². The molecule has 4 heterocycles. The van der Waals surface area contributed by atoms with E-state index in [2.05, 4.69) is 67.0 Å². The normalized spacial score (nSPS) is 19.4. The van der Waals surface area contributed by atoms with Crippen molar-refractivity contribution in [1.82, 2.24) is 35.5 Å². The highest BCUT2D eigenvalue weighted by Crippen LogP contribution is 2.35. The van der Waals surface area contributed by atoms with E-state index in [0.29, 0.717) is 12.4 Å². The van der Waals surface area contributed by atoms with Crippen molar-refractivity contribution in [2.75, 3.05) is 20.2 Å². The van der Waals surface area contributed by atoms with Crippen LogP contribution in [-0.4, -0.2) is 69.0 Å². The molecule has 3 unspecified atom stereocenters. The van der Waals surface area contributed by atoms with Crippen LogP contribution in [0.15, 0.2) is 73.1 Å². The fourth-order valence-electron chi connectivity index (χ4n) is 6.85. The molecule has 12 heteroatoms. The van der Waals surface area contributed by atoms with Crippen LogP contribution in [0.1, 0.15) is 56.8 Å². The van der Waals surface area contributed by atoms with Gasteiger partial charge in [-0.1, -0.05) is 62.4 Å². The van der Waals surface area contributed by atoms with Gasteiger partial charge in [-0.25, -0.2) is 23.5 Å². The van der Waals surface area contributed by atoms with Crippen LogP contribution in [0.2, 0.25) is 0 Å². The van der Waals surface area contributed by atoms with Gasteiger partial charge in [0.25, 0.3) is 5.92 Å². The van der Waals surface area contributed by atoms with Gasteiger partial charge < -0.3 is 30.2 Å². The maximum Gasteiger partial charge on any atom is 0.407 e. The zero-order chi connectivity index (χ0) is 34.3. The molecule has 2 fully saturated rings. The fraction of sp³-hybridized carbons (Fsp3) is 0.351. The number of imidazole rings is 2. The number of likely N-dealkylation sites (tertiary alicyclic amines) is 1. The second-order valence-electron chi connectivity index (χ2n) is 13.3. The van der Waals surface area contributed by atoms with Crippen LogP contribution in [0.25, 0.3) is 44.4 Å². The summed E-state index contributed by atoms with van der Waals surface area (Å²) in [6, 6.07) is 19.4. The molecule has 4 N–H and O–H groups in total. The number of halogens is 2. The number of nitrogens with one attached hydrogen (secondary N) is 4. The summed E-state index contributed by atoms with van der Waals surface area (Å²) in [7, 11) is 1.29. The molecule has 10 nitrogen and oxygen atoms in total. The Morgan fingerprint density at radius 2 is 1.51 bits per heavy atom. The maximum atomic E-state index is 13.6. The van der Waals surface area contributed by atoms with Crippen molar-refractivity contribution < 1.29 is 23.1 Å². The number of aromatic nitrogens is 4. The molecule has 2 aromatic heterocycles. The van der Waals surface area contributed by atoms with E-state index in [9.17, 15) is 18.4 Å². The molecule has 2 aliphatic heterocycles. The monoisotopic (exact) mass is 667 g/mol. The van der Waals surface area contributed by atoms with Crippen LogP contribution in [0.4, 0.5) is 13.6 Å². The first-order valence-electron chi connectivity index (χ1n) is 16.6. The molecule has 0 radical (unpaired) electrons. The highest BCUT2D eigenvalue weighted by Gasteiger charge is 2.41. The Morgan fingerprint density at radius 1 is 0.898 bits per heavy atom. The number of amides is 2. The van der Waals surface area contributed by atoms with Gasteiger partial charge in [0.15, 0.2) is 0 Å². The number of hydrogen-bond acceptors (Lipinski definition) is 6. The molecule has 2 amide bonds. The molecule has 2 saturated heterocycles. The third-order valence-corrected chi connectivity index (χ3v) is 9.55. The standard InChI is InChI=1S/C37H39F2N7O3/c1-21(2)32(45-36(48)49-3)35(47)46-14-4-5-31(46)34-41-19-30(44-34)27-13-12-25-15-24(10-11-26(25)16-27)22-6-8-23(9-7-22)29-18-40-33(43-29)28-17-37(38,39)20-42-28/h6-13,15-16,18-19,21,28,31-32,42H,4-5,14,17,20H2,1-3H3,(H,40,43)(H,41,44)(H,45,48). The van der Waals surface area contributed by atoms with Crippen LogP contribution in [0, 0.1) is 5.92 Å². The van der Waals surface area contributed by atoms with Crippen molar-refractivity contribution >= 4 is 22.8 Å². The summed E-state index contributed by atoms with van der Waals surface area (Å²) in [6.45, 7) is 4.06. The Bertz CT molecular complexity index is 1990. The van der Waals surface area contributed by atoms with E-state index in [1.165, 1.54) is 7.11 Å². The van der Waals surface area contributed by atoms with Crippen LogP contribution in [-0.2, 0) is 9.53 Å². The quantitative estimate of drug-likeness (QED) is 0.141. The highest BCUT2D eigenvalue weighted by atomic mass is 19.3. The summed E-state index contributed by atoms with van der Waals surface area (Å²) >= 11 is 0. The third-order valence-electron chi connectivity index (χ3n) is 9.55. The van der Waals surface area contributed by atoms with Gasteiger partial charge in [0.2, 0.25) is 5.91 Å². The summed E-state index contributed by atoms with van der Waals surface area (Å²) in [5.74, 6) is -1.71. The Kier molecular flexibility index (Phi) is 8.66. The van der Waals surface area contributed by atoms with Gasteiger partial charge in [0, 0.05) is 18.5 Å². The number of alkyl carbamates (subject to hydrolysis) is 1. The molecule has 0 bridgehead atoms. The van der Waals surface area contributed by atoms with Crippen LogP contribution in [0.5, 0.6) is 0 Å². The van der Waals surface area contributed by atoms with Gasteiger partial charge in [-0.05, 0) is 58.4 Å². The molecular weight excluding hydrogens is 628 g/mol. The molecule has 3 aromatic carbocycles. The first-order chi connectivity index (χ1) is 23.6. The lowest BCUT2D eigenvalue weighted by Crippen LogP contribution is -2.51. The van der Waals surface area contributed by atoms with E-state index in [1.54, 1.807) is 11.1 Å². The number of carbonyl (C=O) groups is 2. The summed E-state index contributed by atoms with van der Waals surface area (Å²) < 4.78 is 32.0. The Balaban J connectivity index is 1.05. The Hall–Kier alpha value is -5.10. The number of ether oxygens (including phenoxy) is 1. The van der Waals surface area contributed by atoms with Crippen molar-refractivity contribution in [3.05, 3.63) is 84.7 Å². The van der Waals surface area contributed by atoms with E-state index in [4.69, 9.17) is 4.74 Å². The molecule has 0 saturated carbocycles. The second kappa shape index (κ2) is 13.1. The van der Waals surface area contributed by atoms with E-state index in [1.807, 2.05) is 44.3 Å². The molecule has 3 atom stereocenters. The number of hydrogen-bond donors (Lipinski definition) is 4. The first kappa shape index (κ1) is 32.4. The average molecular weight is 668 g/mol. The molecule has 0 spiro atoms. The highest BCUT2D eigenvalue weighted by molar-refractivity contribution is 5.91. The number of H-pyrrole nitrogens is 2. The molecule has 0 aliphatic carbocycles. The minimum atomic E-state index is -2.71. The van der Waals surface area contributed by atoms with Gasteiger partial charge in [0.05, 0.1) is 49.5 Å². The molecule has 49 heavy (non-hydrogen) atoms. The lowest BCUT2D eigenvalue weighted by atomic mass is 9.98.